The monoisotopic (exact) mass is 287 g/mol. The van der Waals surface area contributed by atoms with Crippen LogP contribution < -0.4 is 0 Å². The van der Waals surface area contributed by atoms with Gasteiger partial charge in [0.15, 0.2) is 0 Å². The number of aromatic nitrogens is 1. The Balaban J connectivity index is 2.80. The summed E-state index contributed by atoms with van der Waals surface area (Å²) in [6, 6.07) is 4.04. The van der Waals surface area contributed by atoms with Gasteiger partial charge in [-0.15, -0.1) is 0 Å². The van der Waals surface area contributed by atoms with Crippen molar-refractivity contribution < 1.29 is 9.90 Å². The minimum absolute atomic E-state index is 0.465. The van der Waals surface area contributed by atoms with E-state index in [1.165, 1.54) is 11.3 Å². The Bertz CT molecular complexity index is 668. The molecule has 1 heterocycles. The van der Waals surface area contributed by atoms with Crippen molar-refractivity contribution in [2.45, 2.75) is 59.9 Å². The Morgan fingerprint density at radius 3 is 2.48 bits per heavy atom. The van der Waals surface area contributed by atoms with Gasteiger partial charge < -0.3 is 9.67 Å². The number of aryl methyl sites for hydroxylation is 3. The topological polar surface area (TPSA) is 42.2 Å². The van der Waals surface area contributed by atoms with Gasteiger partial charge in [0, 0.05) is 17.6 Å². The highest BCUT2D eigenvalue weighted by atomic mass is 16.4. The second-order valence-electron chi connectivity index (χ2n) is 5.78. The van der Waals surface area contributed by atoms with Crippen LogP contribution in [-0.2, 0) is 13.0 Å². The third-order valence-corrected chi connectivity index (χ3v) is 4.26. The third kappa shape index (κ3) is 2.69. The molecule has 0 atom stereocenters. The molecule has 1 aromatic carbocycles. The molecule has 114 valence electrons. The van der Waals surface area contributed by atoms with Gasteiger partial charge in [-0.1, -0.05) is 32.4 Å². The molecule has 1 N–H and O–H groups in total. The molecule has 0 fully saturated rings. The maximum atomic E-state index is 11.7. The first-order valence-corrected chi connectivity index (χ1v) is 7.87. The van der Waals surface area contributed by atoms with Crippen LogP contribution in [0.4, 0.5) is 0 Å². The summed E-state index contributed by atoms with van der Waals surface area (Å²) in [5.74, 6) is -0.824. The van der Waals surface area contributed by atoms with Crippen LogP contribution in [0.25, 0.3) is 10.9 Å². The zero-order valence-electron chi connectivity index (χ0n) is 13.5. The van der Waals surface area contributed by atoms with Crippen molar-refractivity contribution in [2.24, 2.45) is 0 Å². The van der Waals surface area contributed by atoms with Crippen LogP contribution in [0.15, 0.2) is 12.1 Å². The van der Waals surface area contributed by atoms with Crippen molar-refractivity contribution >= 4 is 16.9 Å². The van der Waals surface area contributed by atoms with Crippen molar-refractivity contribution in [1.82, 2.24) is 4.57 Å². The number of benzene rings is 1. The minimum Gasteiger partial charge on any atom is -0.478 e. The number of unbranched alkanes of at least 4 members (excludes halogenated alkanes) is 1. The van der Waals surface area contributed by atoms with Gasteiger partial charge in [-0.3, -0.25) is 0 Å². The van der Waals surface area contributed by atoms with Crippen LogP contribution in [0.3, 0.4) is 0 Å². The number of hydrogen-bond acceptors (Lipinski definition) is 1. The van der Waals surface area contributed by atoms with E-state index in [0.29, 0.717) is 5.56 Å². The van der Waals surface area contributed by atoms with Gasteiger partial charge in [-0.2, -0.15) is 0 Å². The van der Waals surface area contributed by atoms with Crippen LogP contribution in [0.1, 0.15) is 60.3 Å². The van der Waals surface area contributed by atoms with E-state index in [9.17, 15) is 9.90 Å². The van der Waals surface area contributed by atoms with Crippen LogP contribution in [0.2, 0.25) is 0 Å². The number of carboxylic acid groups (broad SMARTS) is 1. The number of fused-ring (bicyclic) bond motifs is 1. The first-order chi connectivity index (χ1) is 10.0. The maximum Gasteiger partial charge on any atom is 0.338 e. The van der Waals surface area contributed by atoms with E-state index < -0.39 is 5.97 Å². The Hall–Kier alpha value is -1.77. The summed E-state index contributed by atoms with van der Waals surface area (Å²) >= 11 is 0. The third-order valence-electron chi connectivity index (χ3n) is 4.26. The standard InChI is InChI=1S/C18H25NO2/c1-5-7-8-14-13(4)19(11-6-2)17-15(14)10-9-12(3)16(17)18(20)21/h9-10H,5-8,11H2,1-4H3,(H,20,21). The zero-order chi connectivity index (χ0) is 15.6. The quantitative estimate of drug-likeness (QED) is 0.836. The lowest BCUT2D eigenvalue weighted by atomic mass is 10.0. The average Bonchev–Trinajstić information content (AvgIpc) is 2.69. The van der Waals surface area contributed by atoms with Crippen molar-refractivity contribution in [3.8, 4) is 0 Å². The fourth-order valence-corrected chi connectivity index (χ4v) is 3.18. The molecule has 3 nitrogen and oxygen atoms in total. The number of carbonyl (C=O) groups is 1. The molecule has 3 heteroatoms. The number of hydrogen-bond donors (Lipinski definition) is 1. The molecule has 0 aliphatic heterocycles. The van der Waals surface area contributed by atoms with Crippen LogP contribution in [-0.4, -0.2) is 15.6 Å². The Morgan fingerprint density at radius 1 is 1.19 bits per heavy atom. The van der Waals surface area contributed by atoms with Crippen LogP contribution in [0.5, 0.6) is 0 Å². The lowest BCUT2D eigenvalue weighted by molar-refractivity contribution is 0.0698. The normalized spacial score (nSPS) is 11.2. The number of carboxylic acids is 1. The average molecular weight is 287 g/mol. The largest absolute Gasteiger partial charge is 0.478 e. The smallest absolute Gasteiger partial charge is 0.338 e. The van der Waals surface area contributed by atoms with Crippen molar-refractivity contribution in [3.63, 3.8) is 0 Å². The summed E-state index contributed by atoms with van der Waals surface area (Å²) < 4.78 is 2.21. The molecule has 1 aromatic heterocycles. The fraction of sp³-hybridized carbons (Fsp3) is 0.500. The van der Waals surface area contributed by atoms with Gasteiger partial charge in [0.05, 0.1) is 11.1 Å². The summed E-state index contributed by atoms with van der Waals surface area (Å²) in [6.45, 7) is 9.20. The number of nitrogens with zero attached hydrogens (tertiary/aromatic N) is 1. The molecule has 2 aromatic rings. The number of aromatic carboxylic acids is 1. The maximum absolute atomic E-state index is 11.7. The Kier molecular flexibility index (Phi) is 4.71. The van der Waals surface area contributed by atoms with E-state index in [4.69, 9.17) is 0 Å². The van der Waals surface area contributed by atoms with E-state index in [1.807, 2.05) is 13.0 Å². The van der Waals surface area contributed by atoms with E-state index in [0.717, 1.165) is 48.7 Å². The minimum atomic E-state index is -0.824. The zero-order valence-corrected chi connectivity index (χ0v) is 13.5. The molecule has 0 aliphatic carbocycles. The van der Waals surface area contributed by atoms with Crippen molar-refractivity contribution in [3.05, 3.63) is 34.5 Å². The van der Waals surface area contributed by atoms with Crippen molar-refractivity contribution in [2.75, 3.05) is 0 Å². The molecule has 0 unspecified atom stereocenters. The van der Waals surface area contributed by atoms with Gasteiger partial charge in [0.25, 0.3) is 0 Å². The second-order valence-corrected chi connectivity index (χ2v) is 5.78. The van der Waals surface area contributed by atoms with Gasteiger partial charge in [-0.25, -0.2) is 4.79 Å². The van der Waals surface area contributed by atoms with E-state index >= 15 is 0 Å². The highest BCUT2D eigenvalue weighted by Crippen LogP contribution is 2.32. The second kappa shape index (κ2) is 6.33. The highest BCUT2D eigenvalue weighted by molar-refractivity contribution is 6.05. The molecular weight excluding hydrogens is 262 g/mol. The SMILES string of the molecule is CCCCc1c(C)n(CCC)c2c(C(=O)O)c(C)ccc12. The number of rotatable bonds is 6. The van der Waals surface area contributed by atoms with E-state index in [1.54, 1.807) is 0 Å². The molecule has 0 spiro atoms. The van der Waals surface area contributed by atoms with Crippen LogP contribution >= 0.6 is 0 Å². The van der Waals surface area contributed by atoms with E-state index in [-0.39, 0.29) is 0 Å². The molecule has 0 aliphatic rings. The van der Waals surface area contributed by atoms with Crippen LogP contribution in [0, 0.1) is 13.8 Å². The van der Waals surface area contributed by atoms with Crippen molar-refractivity contribution in [1.29, 1.82) is 0 Å². The lowest BCUT2D eigenvalue weighted by Gasteiger charge is -2.10. The summed E-state index contributed by atoms with van der Waals surface area (Å²) in [7, 11) is 0. The van der Waals surface area contributed by atoms with Gasteiger partial charge in [0.2, 0.25) is 0 Å². The molecule has 0 radical (unpaired) electrons. The van der Waals surface area contributed by atoms with Gasteiger partial charge >= 0.3 is 5.97 Å². The summed E-state index contributed by atoms with van der Waals surface area (Å²) in [5, 5.41) is 10.7. The van der Waals surface area contributed by atoms with E-state index in [2.05, 4.69) is 31.4 Å². The predicted octanol–water partition coefficient (Wildman–Crippen LogP) is 4.71. The molecule has 0 amide bonds. The molecule has 2 rings (SSSR count). The fourth-order valence-electron chi connectivity index (χ4n) is 3.18. The summed E-state index contributed by atoms with van der Waals surface area (Å²) in [5.41, 5.74) is 4.77. The molecule has 21 heavy (non-hydrogen) atoms. The first-order valence-electron chi connectivity index (χ1n) is 7.87. The predicted molar refractivity (Wildman–Crippen MR) is 87.3 cm³/mol. The molecule has 0 bridgehead atoms. The summed E-state index contributed by atoms with van der Waals surface area (Å²) in [4.78, 5) is 11.7. The first kappa shape index (κ1) is 15.6. The van der Waals surface area contributed by atoms with Gasteiger partial charge in [0.1, 0.15) is 0 Å². The Morgan fingerprint density at radius 2 is 1.90 bits per heavy atom. The molecular formula is C18H25NO2. The van der Waals surface area contributed by atoms with Gasteiger partial charge in [-0.05, 0) is 44.2 Å². The lowest BCUT2D eigenvalue weighted by Crippen LogP contribution is -2.06. The Labute approximate surface area is 126 Å². The summed E-state index contributed by atoms with van der Waals surface area (Å²) in [6.07, 6.45) is 4.32. The highest BCUT2D eigenvalue weighted by Gasteiger charge is 2.20. The molecule has 0 saturated heterocycles. The molecule has 0 saturated carbocycles.